The van der Waals surface area contributed by atoms with E-state index in [1.165, 1.54) is 134 Å². The van der Waals surface area contributed by atoms with Crippen LogP contribution in [0.5, 0.6) is 11.5 Å². The maximum atomic E-state index is 11.6. The van der Waals surface area contributed by atoms with E-state index in [0.717, 1.165) is 112 Å². The molecule has 4 aliphatic carbocycles. The van der Waals surface area contributed by atoms with Crippen LogP contribution in [0.25, 0.3) is 0 Å². The van der Waals surface area contributed by atoms with Crippen LogP contribution in [0.2, 0.25) is 0 Å². The summed E-state index contributed by atoms with van der Waals surface area (Å²) in [4.78, 5) is 144. The average Bonchev–Trinajstić information content (AvgIpc) is 1.70. The van der Waals surface area contributed by atoms with Gasteiger partial charge in [0.2, 0.25) is 0 Å². The topological polar surface area (TPSA) is 254 Å². The Morgan fingerprint density at radius 2 is 0.864 bits per heavy atom. The lowest BCUT2D eigenvalue weighted by Gasteiger charge is -2.48. The van der Waals surface area contributed by atoms with Gasteiger partial charge in [-0.05, 0) is 305 Å². The first kappa shape index (κ1) is 138. The van der Waals surface area contributed by atoms with Crippen molar-refractivity contribution in [2.45, 2.75) is 388 Å². The molecule has 11 fully saturated rings. The number of rotatable bonds is 14. The van der Waals surface area contributed by atoms with Crippen LogP contribution in [0.1, 0.15) is 300 Å². The summed E-state index contributed by atoms with van der Waals surface area (Å²) in [6.45, 7) is 27.9. The van der Waals surface area contributed by atoms with Gasteiger partial charge in [-0.3, -0.25) is 92.2 Å². The average molecular weight is 2020 g/mol. The number of thioether (sulfide) groups is 3. The molecular formula is C112H200N12O13S3. The Balaban J connectivity index is -0.00000148. The summed E-state index contributed by atoms with van der Waals surface area (Å²) in [5.41, 5.74) is 7.98. The quantitative estimate of drug-likeness (QED) is 0.145. The number of piperidine rings is 2. The number of nitrogens with zero attached hydrogens (tertiary/aromatic N) is 12. The van der Waals surface area contributed by atoms with Crippen molar-refractivity contribution in [2.24, 2.45) is 28.3 Å². The Morgan fingerprint density at radius 3 is 1.21 bits per heavy atom. The highest BCUT2D eigenvalue weighted by Gasteiger charge is 2.49. The number of fused-ring (bicyclic) bond motifs is 8. The fourth-order valence-corrected chi connectivity index (χ4v) is 26.5. The van der Waals surface area contributed by atoms with Crippen molar-refractivity contribution in [1.82, 2.24) is 54.0 Å². The van der Waals surface area contributed by atoms with E-state index in [4.69, 9.17) is 9.47 Å². The van der Waals surface area contributed by atoms with Crippen molar-refractivity contribution in [2.75, 3.05) is 129 Å². The molecule has 8 saturated heterocycles. The summed E-state index contributed by atoms with van der Waals surface area (Å²) in [5, 5.41) is 7.02. The fourth-order valence-electron chi connectivity index (χ4n) is 22.0. The molecule has 28 heteroatoms. The highest BCUT2D eigenvalue weighted by atomic mass is 32.2. The molecule has 1 spiro atoms. The second-order valence-electron chi connectivity index (χ2n) is 40.2. The van der Waals surface area contributed by atoms with Crippen LogP contribution in [-0.2, 0) is 86.7 Å². The molecule has 18 rings (SSSR count). The van der Waals surface area contributed by atoms with Crippen molar-refractivity contribution in [3.05, 3.63) is 94.0 Å². The van der Waals surface area contributed by atoms with E-state index in [2.05, 4.69) is 136 Å². The third-order valence-electron chi connectivity index (χ3n) is 29.4. The number of carbonyl (C=O) groups is 11. The molecule has 0 aromatic heterocycles. The molecule has 3 saturated carbocycles. The lowest BCUT2D eigenvalue weighted by Crippen LogP contribution is -2.55. The van der Waals surface area contributed by atoms with E-state index in [9.17, 15) is 52.7 Å². The number of methoxy groups -OCH3 is 2. The highest BCUT2D eigenvalue weighted by Crippen LogP contribution is 2.52. The maximum Gasteiger partial charge on any atom is 0.320 e. The van der Waals surface area contributed by atoms with Gasteiger partial charge in [0.25, 0.3) is 0 Å². The van der Waals surface area contributed by atoms with Gasteiger partial charge in [-0.1, -0.05) is 175 Å². The van der Waals surface area contributed by atoms with E-state index in [1.54, 1.807) is 112 Å². The van der Waals surface area contributed by atoms with Gasteiger partial charge in [0, 0.05) is 88.4 Å². The minimum atomic E-state index is -0.243. The molecule has 3 aromatic carbocycles. The van der Waals surface area contributed by atoms with E-state index in [1.807, 2.05) is 77.0 Å². The molecule has 2 bridgehead atoms. The molecular weight excluding hydrogens is 1820 g/mol. The van der Waals surface area contributed by atoms with Crippen molar-refractivity contribution in [3.8, 4) is 11.5 Å². The van der Waals surface area contributed by atoms with Gasteiger partial charge in [-0.25, -0.2) is 4.79 Å². The number of hydrogen-bond acceptors (Lipinski definition) is 26. The SMILES string of the molecule is C.C.C.C.C.C.C.C.C.C.CC(=O)CN(C)C1Cc2ccccc2C1.CC(=O)[C@@H]1C2CCC(CC2)N1C.CC(=O)[C@@H]1CC2(CN1C)SCCS2.CC(=O)[C@@H]1CC2CCCC2N1C.CC(=O)[C@@H]1CC2CCCCC2N1C.CC(=O)[C@@H]1CCCN1C.CC(=O)[C@@H]1CN(C)C(=O)N1C.CC(=O)[C@@H]1Cc2ccccc2CN1C.CC(=O)[C@@H]1SC(C(C)(C)C)=NN1C.COc1cc2c(cc1OC)CN(C)[C@H](C(C)=O)C2. The van der Waals surface area contributed by atoms with E-state index in [-0.39, 0.29) is 168 Å². The van der Waals surface area contributed by atoms with Gasteiger partial charge < -0.3 is 19.3 Å². The third kappa shape index (κ3) is 37.1. The van der Waals surface area contributed by atoms with Crippen molar-refractivity contribution >= 4 is 104 Å². The summed E-state index contributed by atoms with van der Waals surface area (Å²) < 4.78 is 11.0. The molecule has 0 N–H and O–H groups in total. The van der Waals surface area contributed by atoms with E-state index >= 15 is 0 Å². The molecule has 3 aromatic rings. The number of carbonyl (C=O) groups excluding carboxylic acids is 11. The largest absolute Gasteiger partial charge is 0.493 e. The summed E-state index contributed by atoms with van der Waals surface area (Å²) in [7, 11) is 24.9. The van der Waals surface area contributed by atoms with Crippen LogP contribution in [0.4, 0.5) is 4.79 Å². The van der Waals surface area contributed by atoms with Crippen LogP contribution < -0.4 is 9.47 Å². The molecule has 4 unspecified atom stereocenters. The molecule has 11 aliphatic heterocycles. The van der Waals surface area contributed by atoms with Gasteiger partial charge in [0.1, 0.15) is 57.4 Å². The van der Waals surface area contributed by atoms with Gasteiger partial charge in [-0.15, -0.1) is 23.5 Å². The number of likely N-dealkylation sites (tertiary alicyclic amines) is 4. The van der Waals surface area contributed by atoms with Crippen LogP contribution in [0.15, 0.2) is 65.8 Å². The first-order chi connectivity index (χ1) is 61.2. The monoisotopic (exact) mass is 2020 g/mol. The molecule has 25 nitrogen and oxygen atoms in total. The van der Waals surface area contributed by atoms with Crippen LogP contribution in [-0.4, -0.2) is 334 Å². The lowest BCUT2D eigenvalue weighted by molar-refractivity contribution is -0.129. The van der Waals surface area contributed by atoms with Crippen molar-refractivity contribution in [1.29, 1.82) is 0 Å². The Morgan fingerprint density at radius 1 is 0.443 bits per heavy atom. The molecule has 804 valence electrons. The number of ketones is 10. The second-order valence-corrected chi connectivity index (χ2v) is 44.5. The van der Waals surface area contributed by atoms with Crippen molar-refractivity contribution < 1.29 is 62.2 Å². The predicted octanol–water partition coefficient (Wildman–Crippen LogP) is 20.1. The molecule has 2 amide bonds. The van der Waals surface area contributed by atoms with Gasteiger partial charge in [-0.2, -0.15) is 5.10 Å². The Bertz CT molecular complexity index is 4360. The fraction of sp³-hybridized carbons (Fsp3) is 0.732. The summed E-state index contributed by atoms with van der Waals surface area (Å²) in [5.74, 6) is 8.92. The van der Waals surface area contributed by atoms with E-state index < -0.39 is 0 Å². The maximum absolute atomic E-state index is 11.6. The van der Waals surface area contributed by atoms with Crippen LogP contribution in [0, 0.1) is 23.2 Å². The zero-order valence-electron chi connectivity index (χ0n) is 83.7. The molecule has 140 heavy (non-hydrogen) atoms. The standard InChI is InChI=1S/C14H19NO3.C13H17NO.C12H15NO.C11H19NO.2C10H17NO.C9H16N2OS.C9H15NOS2.C7H12N2O2.C7H13NO.10CH4/c1-9(16)12-5-10-6-13(17-3)14(18-4)7-11(10)8-15(12)2;1-10(15)9-14(2)13-7-11-5-3-4-6-12(11)8-13;1-9(14)12-7-10-5-3-4-6-11(10)8-13(12)2;1-8(13)11-7-9-5-3-4-6-10(9)12(11)2;1-7(12)10-8-3-5-9(6-4-8)11(10)2;1-7(12)10-6-8-4-3-5-9(8)11(10)2;1-6(12)7-11(5)10-8(13-7)9(2,3)4;1-7(11)8-5-9(6-10(8)2)12-3-4-13-9;1-5(10)6-4-8(2)7(11)9(6)3;1-6(9)7-4-3-5-8(7)2;;;;;;;;;;/h6-7,12H,5,8H2,1-4H3;3-6,13H,7-9H2,1-2H3;3-6,12H,7-8H2,1-2H3;9-11H,3-7H2,1-2H3;2*8-10H,3-6H2,1-2H3;7H,1-5H3;8H,3-6H2,1-2H3;6H,4H2,1-3H3;7H,3-5H2,1-2H3;10*1H4/t12-;;12-;9?,10?,11-;2*8?,9?,10-;7-;8-;6-;7-;;;;;;;;;;/m0.00100000........../s1. The normalized spacial score (nSPS) is 26.2. The number of amides is 2. The number of hydrazone groups is 1. The number of hydrogen-bond donors (Lipinski definition) is 0. The number of benzene rings is 3. The van der Waals surface area contributed by atoms with E-state index in [0.29, 0.717) is 70.1 Å². The zero-order chi connectivity index (χ0) is 96.2. The second kappa shape index (κ2) is 63.1. The number of Topliss-reactive ketones (excluding diaryl/α,β-unsaturated/α-hetero) is 10. The highest BCUT2D eigenvalue weighted by molar-refractivity contribution is 8.21. The molecule has 11 heterocycles. The summed E-state index contributed by atoms with van der Waals surface area (Å²) >= 11 is 5.65. The summed E-state index contributed by atoms with van der Waals surface area (Å²) in [6.07, 6.45) is 23.9. The van der Waals surface area contributed by atoms with Crippen LogP contribution >= 0.6 is 35.3 Å². The smallest absolute Gasteiger partial charge is 0.320 e. The molecule has 0 radical (unpaired) electrons. The van der Waals surface area contributed by atoms with Crippen molar-refractivity contribution in [3.63, 3.8) is 0 Å². The lowest BCUT2D eigenvalue weighted by atomic mass is 9.74. The van der Waals surface area contributed by atoms with Gasteiger partial charge >= 0.3 is 6.03 Å². The number of likely N-dealkylation sites (N-methyl/N-ethyl adjacent to an activating group) is 11. The first-order valence-electron chi connectivity index (χ1n) is 47.5. The third-order valence-corrected chi connectivity index (χ3v) is 34.6. The minimum Gasteiger partial charge on any atom is -0.493 e. The van der Waals surface area contributed by atoms with Crippen LogP contribution in [0.3, 0.4) is 0 Å². The summed E-state index contributed by atoms with van der Waals surface area (Å²) in [6, 6.07) is 24.4. The van der Waals surface area contributed by atoms with Gasteiger partial charge in [0.05, 0.1) is 67.1 Å². The number of ether oxygens (including phenoxy) is 2. The zero-order valence-corrected chi connectivity index (χ0v) is 86.2. The predicted molar refractivity (Wildman–Crippen MR) is 595 cm³/mol. The van der Waals surface area contributed by atoms with Gasteiger partial charge in [0.15, 0.2) is 28.4 Å². The minimum absolute atomic E-state index is 0. The first-order valence-corrected chi connectivity index (χ1v) is 50.4. The Labute approximate surface area is 865 Å². The Hall–Kier alpha value is -6.57. The molecule has 15 aliphatic rings. The Kier molecular flexibility index (Phi) is 62.0. The number of urea groups is 1. The molecule has 13 atom stereocenters.